The largest absolute Gasteiger partial charge is 0.367 e. The Balaban J connectivity index is 2.19. The molecule has 0 aliphatic carbocycles. The molecule has 0 aliphatic heterocycles. The molecule has 0 amide bonds. The zero-order chi connectivity index (χ0) is 13.5. The van der Waals surface area contributed by atoms with E-state index in [0.29, 0.717) is 0 Å². The van der Waals surface area contributed by atoms with Crippen molar-refractivity contribution in [3.05, 3.63) is 59.9 Å². The molecule has 0 fully saturated rings. The predicted molar refractivity (Wildman–Crippen MR) is 80.1 cm³/mol. The zero-order valence-corrected chi connectivity index (χ0v) is 11.4. The summed E-state index contributed by atoms with van der Waals surface area (Å²) in [4.78, 5) is 6.54. The molecule has 2 N–H and O–H groups in total. The fourth-order valence-corrected chi connectivity index (χ4v) is 2.19. The molecule has 2 aromatic rings. The van der Waals surface area contributed by atoms with Crippen LogP contribution in [0.15, 0.2) is 48.8 Å². The van der Waals surface area contributed by atoms with Crippen molar-refractivity contribution in [3.8, 4) is 0 Å². The van der Waals surface area contributed by atoms with E-state index in [2.05, 4.69) is 47.1 Å². The number of aryl methyl sites for hydroxylation is 1. The topological polar surface area (TPSA) is 42.2 Å². The molecule has 0 radical (unpaired) electrons. The average Bonchev–Trinajstić information content (AvgIpc) is 2.45. The number of nitrogens with two attached hydrogens (primary N) is 1. The van der Waals surface area contributed by atoms with Crippen LogP contribution >= 0.6 is 0 Å². The number of anilines is 1. The van der Waals surface area contributed by atoms with Gasteiger partial charge in [-0.2, -0.15) is 0 Å². The zero-order valence-electron chi connectivity index (χ0n) is 11.4. The van der Waals surface area contributed by atoms with Gasteiger partial charge < -0.3 is 10.6 Å². The fraction of sp³-hybridized carbons (Fsp3) is 0.312. The lowest BCUT2D eigenvalue weighted by atomic mass is 10.1. The Kier molecular flexibility index (Phi) is 4.93. The Hall–Kier alpha value is -1.87. The minimum absolute atomic E-state index is 0.718. The van der Waals surface area contributed by atoms with Gasteiger partial charge in [-0.1, -0.05) is 30.3 Å². The van der Waals surface area contributed by atoms with Gasteiger partial charge in [0, 0.05) is 31.2 Å². The number of hydrogen-bond acceptors (Lipinski definition) is 3. The van der Waals surface area contributed by atoms with Crippen LogP contribution in [0.3, 0.4) is 0 Å². The van der Waals surface area contributed by atoms with Crippen molar-refractivity contribution in [2.24, 2.45) is 5.73 Å². The summed E-state index contributed by atoms with van der Waals surface area (Å²) in [6.45, 7) is 4.69. The summed E-state index contributed by atoms with van der Waals surface area (Å²) in [5.41, 5.74) is 9.41. The van der Waals surface area contributed by atoms with E-state index < -0.39 is 0 Å². The first kappa shape index (κ1) is 13.6. The van der Waals surface area contributed by atoms with Gasteiger partial charge in [-0.05, 0) is 37.1 Å². The monoisotopic (exact) mass is 255 g/mol. The maximum absolute atomic E-state index is 5.65. The molecule has 0 spiro atoms. The van der Waals surface area contributed by atoms with Gasteiger partial charge in [-0.3, -0.25) is 4.98 Å². The standard InChI is InChI=1S/C16H21N3/c1-14-12-18-10-8-16(14)19(11-5-9-17)13-15-6-3-2-4-7-15/h2-4,6-8,10,12H,5,9,11,13,17H2,1H3. The van der Waals surface area contributed by atoms with Gasteiger partial charge >= 0.3 is 0 Å². The molecule has 0 aliphatic rings. The molecule has 3 heteroatoms. The summed E-state index contributed by atoms with van der Waals surface area (Å²) in [5, 5.41) is 0. The second-order valence-electron chi connectivity index (χ2n) is 4.71. The van der Waals surface area contributed by atoms with E-state index in [0.717, 1.165) is 26.1 Å². The quantitative estimate of drug-likeness (QED) is 0.863. The molecule has 0 bridgehead atoms. The minimum Gasteiger partial charge on any atom is -0.367 e. The molecule has 1 aromatic carbocycles. The Morgan fingerprint density at radius 1 is 1.16 bits per heavy atom. The Labute approximate surface area is 115 Å². The van der Waals surface area contributed by atoms with Crippen molar-refractivity contribution in [2.45, 2.75) is 19.9 Å². The average molecular weight is 255 g/mol. The molecule has 0 atom stereocenters. The molecule has 100 valence electrons. The molecule has 1 heterocycles. The maximum Gasteiger partial charge on any atom is 0.0429 e. The minimum atomic E-state index is 0.718. The first-order valence-corrected chi connectivity index (χ1v) is 6.71. The summed E-state index contributed by atoms with van der Waals surface area (Å²) in [6.07, 6.45) is 4.76. The summed E-state index contributed by atoms with van der Waals surface area (Å²) in [7, 11) is 0. The maximum atomic E-state index is 5.65. The van der Waals surface area contributed by atoms with Crippen LogP contribution in [-0.4, -0.2) is 18.1 Å². The van der Waals surface area contributed by atoms with E-state index in [-0.39, 0.29) is 0 Å². The van der Waals surface area contributed by atoms with E-state index in [1.807, 2.05) is 18.5 Å². The summed E-state index contributed by atoms with van der Waals surface area (Å²) in [6, 6.07) is 12.6. The normalized spacial score (nSPS) is 10.4. The summed E-state index contributed by atoms with van der Waals surface area (Å²) < 4.78 is 0. The third kappa shape index (κ3) is 3.80. The molecule has 3 nitrogen and oxygen atoms in total. The second kappa shape index (κ2) is 6.90. The van der Waals surface area contributed by atoms with Crippen LogP contribution in [0.2, 0.25) is 0 Å². The van der Waals surface area contributed by atoms with Crippen LogP contribution in [0, 0.1) is 6.92 Å². The van der Waals surface area contributed by atoms with Crippen molar-refractivity contribution in [1.82, 2.24) is 4.98 Å². The fourth-order valence-electron chi connectivity index (χ4n) is 2.19. The van der Waals surface area contributed by atoms with E-state index in [9.17, 15) is 0 Å². The van der Waals surface area contributed by atoms with Crippen molar-refractivity contribution < 1.29 is 0 Å². The van der Waals surface area contributed by atoms with E-state index in [1.54, 1.807) is 0 Å². The molecule has 0 saturated heterocycles. The Bertz CT molecular complexity index is 496. The van der Waals surface area contributed by atoms with Crippen molar-refractivity contribution in [3.63, 3.8) is 0 Å². The number of nitrogens with zero attached hydrogens (tertiary/aromatic N) is 2. The first-order valence-electron chi connectivity index (χ1n) is 6.71. The van der Waals surface area contributed by atoms with Crippen LogP contribution in [0.5, 0.6) is 0 Å². The van der Waals surface area contributed by atoms with E-state index >= 15 is 0 Å². The first-order chi connectivity index (χ1) is 9.31. The summed E-state index contributed by atoms with van der Waals surface area (Å²) >= 11 is 0. The van der Waals surface area contributed by atoms with Gasteiger partial charge in [0.2, 0.25) is 0 Å². The van der Waals surface area contributed by atoms with Crippen molar-refractivity contribution in [1.29, 1.82) is 0 Å². The van der Waals surface area contributed by atoms with Gasteiger partial charge in [0.25, 0.3) is 0 Å². The summed E-state index contributed by atoms with van der Waals surface area (Å²) in [5.74, 6) is 0. The molecular formula is C16H21N3. The Morgan fingerprint density at radius 2 is 1.95 bits per heavy atom. The van der Waals surface area contributed by atoms with Gasteiger partial charge in [-0.25, -0.2) is 0 Å². The van der Waals surface area contributed by atoms with Gasteiger partial charge in [0.15, 0.2) is 0 Å². The smallest absolute Gasteiger partial charge is 0.0429 e. The Morgan fingerprint density at radius 3 is 2.63 bits per heavy atom. The number of rotatable bonds is 6. The van der Waals surface area contributed by atoms with Gasteiger partial charge in [0.1, 0.15) is 0 Å². The predicted octanol–water partition coefficient (Wildman–Crippen LogP) is 2.75. The van der Waals surface area contributed by atoms with Crippen LogP contribution in [0.4, 0.5) is 5.69 Å². The van der Waals surface area contributed by atoms with Gasteiger partial charge in [0.05, 0.1) is 0 Å². The third-order valence-electron chi connectivity index (χ3n) is 3.18. The number of hydrogen-bond donors (Lipinski definition) is 1. The van der Waals surface area contributed by atoms with E-state index in [1.165, 1.54) is 16.8 Å². The molecule has 2 rings (SSSR count). The highest BCUT2D eigenvalue weighted by Gasteiger charge is 2.09. The van der Waals surface area contributed by atoms with Crippen LogP contribution in [-0.2, 0) is 6.54 Å². The molecule has 1 aromatic heterocycles. The lowest BCUT2D eigenvalue weighted by Crippen LogP contribution is -2.26. The highest BCUT2D eigenvalue weighted by Crippen LogP contribution is 2.20. The van der Waals surface area contributed by atoms with Crippen LogP contribution in [0.1, 0.15) is 17.5 Å². The number of aromatic nitrogens is 1. The number of pyridine rings is 1. The lowest BCUT2D eigenvalue weighted by molar-refractivity contribution is 0.733. The third-order valence-corrected chi connectivity index (χ3v) is 3.18. The lowest BCUT2D eigenvalue weighted by Gasteiger charge is -2.26. The number of benzene rings is 1. The second-order valence-corrected chi connectivity index (χ2v) is 4.71. The highest BCUT2D eigenvalue weighted by atomic mass is 15.1. The molecule has 0 unspecified atom stereocenters. The van der Waals surface area contributed by atoms with Gasteiger partial charge in [-0.15, -0.1) is 0 Å². The van der Waals surface area contributed by atoms with Crippen LogP contribution in [0.25, 0.3) is 0 Å². The van der Waals surface area contributed by atoms with E-state index in [4.69, 9.17) is 5.73 Å². The van der Waals surface area contributed by atoms with Crippen molar-refractivity contribution in [2.75, 3.05) is 18.0 Å². The van der Waals surface area contributed by atoms with Crippen molar-refractivity contribution >= 4 is 5.69 Å². The van der Waals surface area contributed by atoms with Crippen LogP contribution < -0.4 is 10.6 Å². The molecule has 19 heavy (non-hydrogen) atoms. The molecular weight excluding hydrogens is 234 g/mol. The highest BCUT2D eigenvalue weighted by molar-refractivity contribution is 5.51. The SMILES string of the molecule is Cc1cnccc1N(CCCN)Cc1ccccc1. The molecule has 0 saturated carbocycles.